The summed E-state index contributed by atoms with van der Waals surface area (Å²) in [5.41, 5.74) is 5.97. The summed E-state index contributed by atoms with van der Waals surface area (Å²) in [5, 5.41) is 0. The maximum absolute atomic E-state index is 5.13. The van der Waals surface area contributed by atoms with Gasteiger partial charge in [-0.25, -0.2) is 0 Å². The number of hydrogen-bond acceptors (Lipinski definition) is 1. The van der Waals surface area contributed by atoms with Crippen molar-refractivity contribution in [3.63, 3.8) is 0 Å². The van der Waals surface area contributed by atoms with Gasteiger partial charge < -0.3 is 5.73 Å². The Labute approximate surface area is 34.4 Å². The van der Waals surface area contributed by atoms with Crippen LogP contribution in [0.5, 0.6) is 0 Å². The third kappa shape index (κ3) is 3.97. The molecule has 1 unspecified atom stereocenters. The molecule has 0 fully saturated rings. The van der Waals surface area contributed by atoms with Crippen molar-refractivity contribution in [2.45, 2.75) is 6.92 Å². The van der Waals surface area contributed by atoms with Crippen LogP contribution in [-0.2, 0) is 0 Å². The summed E-state index contributed by atoms with van der Waals surface area (Å²) in [7, 11) is 2.41. The van der Waals surface area contributed by atoms with E-state index < -0.39 is 0 Å². The van der Waals surface area contributed by atoms with Crippen molar-refractivity contribution in [2.75, 3.05) is 0 Å². The molecule has 1 atom stereocenters. The Morgan fingerprint density at radius 1 is 2.00 bits per heavy atom. The van der Waals surface area contributed by atoms with Crippen LogP contribution in [0.2, 0.25) is 0 Å². The van der Waals surface area contributed by atoms with Crippen molar-refractivity contribution in [3.05, 3.63) is 11.5 Å². The standard InChI is InChI=1S/C3H8NP/c1-3(4)2-5/h2H,4-5H2,1H3/b3-2-. The van der Waals surface area contributed by atoms with Gasteiger partial charge in [-0.3, -0.25) is 0 Å². The molecule has 0 saturated carbocycles. The summed E-state index contributed by atoms with van der Waals surface area (Å²) >= 11 is 0. The zero-order valence-electron chi connectivity index (χ0n) is 3.23. The first-order valence-corrected chi connectivity index (χ1v) is 2.08. The highest BCUT2D eigenvalue weighted by molar-refractivity contribution is 7.20. The Morgan fingerprint density at radius 2 is 2.20 bits per heavy atom. The van der Waals surface area contributed by atoms with Gasteiger partial charge in [0.2, 0.25) is 0 Å². The molecule has 0 aromatic carbocycles. The van der Waals surface area contributed by atoms with E-state index in [4.69, 9.17) is 5.73 Å². The van der Waals surface area contributed by atoms with Gasteiger partial charge in [0.15, 0.2) is 0 Å². The molecule has 0 saturated heterocycles. The first-order valence-electron chi connectivity index (χ1n) is 1.41. The van der Waals surface area contributed by atoms with Crippen molar-refractivity contribution in [3.8, 4) is 0 Å². The fourth-order valence-electron chi connectivity index (χ4n) is 0. The van der Waals surface area contributed by atoms with Crippen LogP contribution in [0.4, 0.5) is 0 Å². The van der Waals surface area contributed by atoms with Gasteiger partial charge in [0.25, 0.3) is 0 Å². The summed E-state index contributed by atoms with van der Waals surface area (Å²) in [6.45, 7) is 1.84. The van der Waals surface area contributed by atoms with Crippen molar-refractivity contribution in [1.82, 2.24) is 0 Å². The van der Waals surface area contributed by atoms with E-state index in [0.29, 0.717) is 0 Å². The van der Waals surface area contributed by atoms with E-state index in [-0.39, 0.29) is 0 Å². The average Bonchev–Trinajstić information content (AvgIpc) is 1.38. The second-order valence-corrected chi connectivity index (χ2v) is 1.24. The molecule has 2 N–H and O–H groups in total. The maximum Gasteiger partial charge on any atom is 0.00485 e. The van der Waals surface area contributed by atoms with Gasteiger partial charge in [0.05, 0.1) is 0 Å². The summed E-state index contributed by atoms with van der Waals surface area (Å²) in [5.74, 6) is 1.78. The van der Waals surface area contributed by atoms with Crippen LogP contribution in [-0.4, -0.2) is 0 Å². The molecular formula is C3H8NP. The SMILES string of the molecule is C/C(N)=C/P. The molecule has 0 spiro atoms. The predicted molar refractivity (Wildman–Crippen MR) is 27.7 cm³/mol. The van der Waals surface area contributed by atoms with Crippen molar-refractivity contribution >= 4 is 9.24 Å². The largest absolute Gasteiger partial charge is 0.402 e. The lowest BCUT2D eigenvalue weighted by atomic mass is 10.6. The fraction of sp³-hybridized carbons (Fsp3) is 0.333. The zero-order valence-corrected chi connectivity index (χ0v) is 4.39. The second-order valence-electron chi connectivity index (χ2n) is 0.911. The van der Waals surface area contributed by atoms with E-state index in [9.17, 15) is 0 Å². The molecule has 0 amide bonds. The van der Waals surface area contributed by atoms with Crippen LogP contribution < -0.4 is 5.73 Å². The third-order valence-electron chi connectivity index (χ3n) is 0.263. The number of nitrogens with two attached hydrogens (primary N) is 1. The molecule has 5 heavy (non-hydrogen) atoms. The summed E-state index contributed by atoms with van der Waals surface area (Å²) in [4.78, 5) is 0. The minimum absolute atomic E-state index is 0.843. The van der Waals surface area contributed by atoms with Gasteiger partial charge in [-0.05, 0) is 12.7 Å². The summed E-state index contributed by atoms with van der Waals surface area (Å²) in [6.07, 6.45) is 0. The van der Waals surface area contributed by atoms with Gasteiger partial charge in [0, 0.05) is 5.70 Å². The molecule has 0 radical (unpaired) electrons. The predicted octanol–water partition coefficient (Wildman–Crippen LogP) is 0.681. The molecule has 0 aromatic heterocycles. The van der Waals surface area contributed by atoms with Crippen LogP contribution in [0, 0.1) is 0 Å². The molecule has 1 nitrogen and oxygen atoms in total. The van der Waals surface area contributed by atoms with E-state index in [1.54, 1.807) is 5.82 Å². The minimum atomic E-state index is 0.843. The summed E-state index contributed by atoms with van der Waals surface area (Å²) in [6, 6.07) is 0. The molecule has 0 bridgehead atoms. The molecular weight excluding hydrogens is 81.0 g/mol. The lowest BCUT2D eigenvalue weighted by Crippen LogP contribution is -1.85. The van der Waals surface area contributed by atoms with Gasteiger partial charge in [0.1, 0.15) is 0 Å². The minimum Gasteiger partial charge on any atom is -0.402 e. The van der Waals surface area contributed by atoms with E-state index in [1.807, 2.05) is 6.92 Å². The Balaban J connectivity index is 3.14. The lowest BCUT2D eigenvalue weighted by Gasteiger charge is -1.76. The van der Waals surface area contributed by atoms with E-state index in [0.717, 1.165) is 5.70 Å². The highest BCUT2D eigenvalue weighted by Crippen LogP contribution is 1.84. The number of allylic oxidation sites excluding steroid dienone is 1. The molecule has 0 heterocycles. The molecule has 0 aliphatic heterocycles. The van der Waals surface area contributed by atoms with Crippen LogP contribution in [0.15, 0.2) is 11.5 Å². The maximum atomic E-state index is 5.13. The highest BCUT2D eigenvalue weighted by Gasteiger charge is 1.60. The van der Waals surface area contributed by atoms with Crippen LogP contribution in [0.25, 0.3) is 0 Å². The third-order valence-corrected chi connectivity index (χ3v) is 0.789. The number of hydrogen-bond donors (Lipinski definition) is 1. The zero-order chi connectivity index (χ0) is 4.28. The molecule has 0 aromatic rings. The molecule has 2 heteroatoms. The van der Waals surface area contributed by atoms with Gasteiger partial charge in [-0.2, -0.15) is 0 Å². The highest BCUT2D eigenvalue weighted by atomic mass is 31.0. The smallest absolute Gasteiger partial charge is 0.00485 e. The first kappa shape index (κ1) is 4.97. The van der Waals surface area contributed by atoms with Crippen molar-refractivity contribution in [1.29, 1.82) is 0 Å². The fourth-order valence-corrected chi connectivity index (χ4v) is 0. The van der Waals surface area contributed by atoms with E-state index >= 15 is 0 Å². The topological polar surface area (TPSA) is 26.0 Å². The lowest BCUT2D eigenvalue weighted by molar-refractivity contribution is 1.33. The quantitative estimate of drug-likeness (QED) is 0.434. The Bertz CT molecular complexity index is 44.9. The number of rotatable bonds is 0. The monoisotopic (exact) mass is 89.0 g/mol. The molecule has 0 rings (SSSR count). The normalized spacial score (nSPS) is 12.0. The molecule has 30 valence electrons. The van der Waals surface area contributed by atoms with Crippen molar-refractivity contribution < 1.29 is 0 Å². The molecule has 0 aliphatic carbocycles. The van der Waals surface area contributed by atoms with Crippen LogP contribution in [0.3, 0.4) is 0 Å². The Hall–Kier alpha value is -0.0300. The van der Waals surface area contributed by atoms with Crippen molar-refractivity contribution in [2.24, 2.45) is 5.73 Å². The second kappa shape index (κ2) is 2.22. The van der Waals surface area contributed by atoms with E-state index in [2.05, 4.69) is 9.24 Å². The van der Waals surface area contributed by atoms with Gasteiger partial charge >= 0.3 is 0 Å². The Morgan fingerprint density at radius 3 is 2.20 bits per heavy atom. The molecule has 0 aliphatic rings. The van der Waals surface area contributed by atoms with Crippen LogP contribution >= 0.6 is 9.24 Å². The van der Waals surface area contributed by atoms with E-state index in [1.165, 1.54) is 0 Å². The van der Waals surface area contributed by atoms with Crippen LogP contribution in [0.1, 0.15) is 6.92 Å². The Kier molecular flexibility index (Phi) is 2.21. The van der Waals surface area contributed by atoms with Gasteiger partial charge in [-0.1, -0.05) is 0 Å². The van der Waals surface area contributed by atoms with Gasteiger partial charge in [-0.15, -0.1) is 9.24 Å². The average molecular weight is 89.1 g/mol. The summed E-state index contributed by atoms with van der Waals surface area (Å²) < 4.78 is 0. The first-order chi connectivity index (χ1) is 2.27.